The zero-order valence-corrected chi connectivity index (χ0v) is 25.0. The van der Waals surface area contributed by atoms with Crippen molar-refractivity contribution >= 4 is 23.7 Å². The number of ether oxygens (including phenoxy) is 2. The first-order valence-electron chi connectivity index (χ1n) is 14.3. The molecule has 0 saturated carbocycles. The normalized spacial score (nSPS) is 14.6. The molecule has 222 valence electrons. The van der Waals surface area contributed by atoms with E-state index in [0.29, 0.717) is 30.9 Å². The number of fused-ring (bicyclic) bond motifs is 1. The number of nitrogens with zero attached hydrogens (tertiary/aromatic N) is 1. The van der Waals surface area contributed by atoms with Gasteiger partial charge in [0.05, 0.1) is 23.8 Å². The molecule has 9 heteroatoms. The van der Waals surface area contributed by atoms with Gasteiger partial charge in [-0.3, -0.25) is 29.4 Å². The van der Waals surface area contributed by atoms with E-state index in [1.54, 1.807) is 39.0 Å². The summed E-state index contributed by atoms with van der Waals surface area (Å²) < 4.78 is 11.3. The molecule has 2 aromatic rings. The van der Waals surface area contributed by atoms with E-state index in [-0.39, 0.29) is 30.4 Å². The van der Waals surface area contributed by atoms with Crippen LogP contribution >= 0.6 is 0 Å². The molecule has 2 atom stereocenters. The Kier molecular flexibility index (Phi) is 11.1. The number of hydrogen-bond donors (Lipinski definition) is 2. The van der Waals surface area contributed by atoms with Gasteiger partial charge in [-0.25, -0.2) is 0 Å². The van der Waals surface area contributed by atoms with Crippen LogP contribution in [0.15, 0.2) is 48.5 Å². The van der Waals surface area contributed by atoms with E-state index in [1.807, 2.05) is 51.1 Å². The van der Waals surface area contributed by atoms with Crippen LogP contribution in [-0.2, 0) is 20.9 Å². The molecule has 1 aliphatic rings. The molecule has 0 bridgehead atoms. The summed E-state index contributed by atoms with van der Waals surface area (Å²) in [5.74, 6) is -0.955. The maximum atomic E-state index is 13.3. The summed E-state index contributed by atoms with van der Waals surface area (Å²) in [6.07, 6.45) is 1.38. The number of amides is 3. The van der Waals surface area contributed by atoms with Gasteiger partial charge in [-0.15, -0.1) is 0 Å². The van der Waals surface area contributed by atoms with E-state index in [2.05, 4.69) is 10.6 Å². The standard InChI is InChI=1S/C32H43N3O6/c1-7-17-40-23-13-14-24-25(19-23)30(38)35(29(24)37)16-15-26(31(39)41-32(4,5)6)34-27(18-21(2)3)28(36)33-20-22-11-9-8-10-12-22/h8-14,19,21,26-27,34H,7,15-18,20H2,1-6H3,(H,33,36)/t26-,27+/m1/s1. The lowest BCUT2D eigenvalue weighted by Gasteiger charge is -2.29. The first kappa shape index (κ1) is 31.8. The highest BCUT2D eigenvalue weighted by molar-refractivity contribution is 6.21. The van der Waals surface area contributed by atoms with Crippen LogP contribution in [0, 0.1) is 5.92 Å². The number of hydrogen-bond acceptors (Lipinski definition) is 7. The molecular formula is C32H43N3O6. The van der Waals surface area contributed by atoms with Gasteiger partial charge in [0.25, 0.3) is 11.8 Å². The van der Waals surface area contributed by atoms with E-state index in [0.717, 1.165) is 16.9 Å². The number of rotatable bonds is 14. The Morgan fingerprint density at radius 3 is 2.27 bits per heavy atom. The molecule has 3 amide bonds. The summed E-state index contributed by atoms with van der Waals surface area (Å²) in [6.45, 7) is 12.1. The second kappa shape index (κ2) is 14.3. The van der Waals surface area contributed by atoms with Crippen molar-refractivity contribution < 1.29 is 28.7 Å². The minimum absolute atomic E-state index is 0.0194. The fraction of sp³-hybridized carbons (Fsp3) is 0.500. The number of imide groups is 1. The van der Waals surface area contributed by atoms with Gasteiger partial charge in [0.1, 0.15) is 17.4 Å². The molecule has 0 spiro atoms. The van der Waals surface area contributed by atoms with Crippen LogP contribution < -0.4 is 15.4 Å². The molecule has 1 aliphatic heterocycles. The number of nitrogens with one attached hydrogen (secondary N) is 2. The minimum atomic E-state index is -0.923. The van der Waals surface area contributed by atoms with Gasteiger partial charge in [0.2, 0.25) is 5.91 Å². The number of benzene rings is 2. The maximum Gasteiger partial charge on any atom is 0.323 e. The molecule has 41 heavy (non-hydrogen) atoms. The highest BCUT2D eigenvalue weighted by Crippen LogP contribution is 2.27. The smallest absolute Gasteiger partial charge is 0.323 e. The Balaban J connectivity index is 1.76. The molecule has 0 saturated heterocycles. The van der Waals surface area contributed by atoms with Crippen molar-refractivity contribution in [1.82, 2.24) is 15.5 Å². The number of esters is 1. The second-order valence-corrected chi connectivity index (χ2v) is 11.7. The van der Waals surface area contributed by atoms with Crippen molar-refractivity contribution in [3.8, 4) is 5.75 Å². The minimum Gasteiger partial charge on any atom is -0.494 e. The molecule has 0 unspecified atom stereocenters. The number of carbonyl (C=O) groups excluding carboxylic acids is 4. The zero-order valence-electron chi connectivity index (χ0n) is 25.0. The van der Waals surface area contributed by atoms with Crippen molar-refractivity contribution in [2.45, 2.75) is 85.0 Å². The van der Waals surface area contributed by atoms with Crippen molar-refractivity contribution in [3.63, 3.8) is 0 Å². The quantitative estimate of drug-likeness (QED) is 0.256. The van der Waals surface area contributed by atoms with E-state index in [4.69, 9.17) is 9.47 Å². The van der Waals surface area contributed by atoms with Gasteiger partial charge in [0, 0.05) is 13.1 Å². The van der Waals surface area contributed by atoms with Crippen molar-refractivity contribution in [2.75, 3.05) is 13.2 Å². The Bertz CT molecular complexity index is 1220. The fourth-order valence-corrected chi connectivity index (χ4v) is 4.56. The Morgan fingerprint density at radius 1 is 0.951 bits per heavy atom. The Morgan fingerprint density at radius 2 is 1.63 bits per heavy atom. The lowest BCUT2D eigenvalue weighted by molar-refractivity contribution is -0.158. The zero-order chi connectivity index (χ0) is 30.2. The van der Waals surface area contributed by atoms with Crippen LogP contribution in [0.1, 0.15) is 87.1 Å². The first-order chi connectivity index (χ1) is 19.4. The molecule has 0 aromatic heterocycles. The summed E-state index contributed by atoms with van der Waals surface area (Å²) in [7, 11) is 0. The van der Waals surface area contributed by atoms with Gasteiger partial charge in [0.15, 0.2) is 0 Å². The molecule has 3 rings (SSSR count). The van der Waals surface area contributed by atoms with E-state index >= 15 is 0 Å². The molecule has 0 radical (unpaired) electrons. The predicted octanol–water partition coefficient (Wildman–Crippen LogP) is 4.49. The molecule has 0 aliphatic carbocycles. The summed E-state index contributed by atoms with van der Waals surface area (Å²) in [5.41, 5.74) is 0.786. The SMILES string of the molecule is CCCOc1ccc2c(c1)C(=O)N(CC[C@@H](N[C@@H](CC(C)C)C(=O)NCc1ccccc1)C(=O)OC(C)(C)C)C2=O. The molecule has 1 heterocycles. The highest BCUT2D eigenvalue weighted by atomic mass is 16.6. The van der Waals surface area contributed by atoms with Crippen LogP contribution in [0.25, 0.3) is 0 Å². The van der Waals surface area contributed by atoms with E-state index < -0.39 is 35.5 Å². The topological polar surface area (TPSA) is 114 Å². The van der Waals surface area contributed by atoms with Crippen LogP contribution in [0.3, 0.4) is 0 Å². The van der Waals surface area contributed by atoms with Crippen molar-refractivity contribution in [2.24, 2.45) is 5.92 Å². The average Bonchev–Trinajstić information content (AvgIpc) is 3.15. The van der Waals surface area contributed by atoms with Crippen molar-refractivity contribution in [1.29, 1.82) is 0 Å². The first-order valence-corrected chi connectivity index (χ1v) is 14.3. The van der Waals surface area contributed by atoms with Crippen LogP contribution in [0.2, 0.25) is 0 Å². The lowest BCUT2D eigenvalue weighted by atomic mass is 10.0. The summed E-state index contributed by atoms with van der Waals surface area (Å²) in [6, 6.07) is 12.8. The second-order valence-electron chi connectivity index (χ2n) is 11.7. The molecular weight excluding hydrogens is 522 g/mol. The third kappa shape index (κ3) is 9.14. The Hall–Kier alpha value is -3.72. The summed E-state index contributed by atoms with van der Waals surface area (Å²) in [5, 5.41) is 6.15. The van der Waals surface area contributed by atoms with Gasteiger partial charge in [-0.1, -0.05) is 51.1 Å². The Labute approximate surface area is 243 Å². The van der Waals surface area contributed by atoms with E-state index in [9.17, 15) is 19.2 Å². The fourth-order valence-electron chi connectivity index (χ4n) is 4.56. The average molecular weight is 566 g/mol. The molecule has 0 fully saturated rings. The predicted molar refractivity (Wildman–Crippen MR) is 157 cm³/mol. The number of carbonyl (C=O) groups is 4. The molecule has 2 aromatic carbocycles. The summed E-state index contributed by atoms with van der Waals surface area (Å²) >= 11 is 0. The summed E-state index contributed by atoms with van der Waals surface area (Å²) in [4.78, 5) is 54.0. The third-order valence-electron chi connectivity index (χ3n) is 6.48. The van der Waals surface area contributed by atoms with Gasteiger partial charge < -0.3 is 14.8 Å². The monoisotopic (exact) mass is 565 g/mol. The van der Waals surface area contributed by atoms with E-state index in [1.165, 1.54) is 0 Å². The largest absolute Gasteiger partial charge is 0.494 e. The van der Waals surface area contributed by atoms with Crippen LogP contribution in [0.5, 0.6) is 5.75 Å². The molecule has 2 N–H and O–H groups in total. The molecule has 9 nitrogen and oxygen atoms in total. The lowest BCUT2D eigenvalue weighted by Crippen LogP contribution is -2.53. The van der Waals surface area contributed by atoms with Crippen LogP contribution in [0.4, 0.5) is 0 Å². The van der Waals surface area contributed by atoms with Gasteiger partial charge in [-0.05, 0) is 69.7 Å². The van der Waals surface area contributed by atoms with Gasteiger partial charge >= 0.3 is 5.97 Å². The third-order valence-corrected chi connectivity index (χ3v) is 6.48. The van der Waals surface area contributed by atoms with Gasteiger partial charge in [-0.2, -0.15) is 0 Å². The maximum absolute atomic E-state index is 13.3. The highest BCUT2D eigenvalue weighted by Gasteiger charge is 2.38. The van der Waals surface area contributed by atoms with Crippen molar-refractivity contribution in [3.05, 3.63) is 65.2 Å². The van der Waals surface area contributed by atoms with Crippen LogP contribution in [-0.4, -0.2) is 59.4 Å².